The van der Waals surface area contributed by atoms with E-state index in [-0.39, 0.29) is 0 Å². The molecule has 158 valence electrons. The van der Waals surface area contributed by atoms with E-state index in [4.69, 9.17) is 9.47 Å². The van der Waals surface area contributed by atoms with Gasteiger partial charge in [0.25, 0.3) is 0 Å². The molecule has 0 aliphatic carbocycles. The minimum absolute atomic E-state index is 0.332. The van der Waals surface area contributed by atoms with Gasteiger partial charge >= 0.3 is 0 Å². The largest absolute Gasteiger partial charge is 0.493 e. The predicted octanol–water partition coefficient (Wildman–Crippen LogP) is 6.98. The van der Waals surface area contributed by atoms with E-state index < -0.39 is 0 Å². The molecule has 4 heteroatoms. The number of ether oxygens (including phenoxy) is 2. The highest BCUT2D eigenvalue weighted by Gasteiger charge is 2.14. The van der Waals surface area contributed by atoms with E-state index in [1.54, 1.807) is 7.11 Å². The van der Waals surface area contributed by atoms with Gasteiger partial charge in [-0.2, -0.15) is 0 Å². The van der Waals surface area contributed by atoms with Crippen LogP contribution in [0.2, 0.25) is 0 Å². The molecule has 0 aliphatic heterocycles. The van der Waals surface area contributed by atoms with Crippen molar-refractivity contribution < 1.29 is 9.47 Å². The van der Waals surface area contributed by atoms with Crippen LogP contribution in [0.25, 0.3) is 0 Å². The summed E-state index contributed by atoms with van der Waals surface area (Å²) in [5.74, 6) is 1.47. The van der Waals surface area contributed by atoms with E-state index in [0.29, 0.717) is 12.6 Å². The highest BCUT2D eigenvalue weighted by atomic mass is 79.9. The number of benzene rings is 3. The smallest absolute Gasteiger partial charge is 0.175 e. The Morgan fingerprint density at radius 2 is 1.77 bits per heavy atom. The van der Waals surface area contributed by atoms with Crippen molar-refractivity contribution in [2.45, 2.75) is 45.9 Å². The van der Waals surface area contributed by atoms with E-state index in [1.165, 1.54) is 11.1 Å². The second kappa shape index (κ2) is 11.2. The van der Waals surface area contributed by atoms with Gasteiger partial charge in [-0.15, -0.1) is 0 Å². The molecule has 0 amide bonds. The Kier molecular flexibility index (Phi) is 8.35. The molecule has 0 radical (unpaired) electrons. The maximum atomic E-state index is 6.10. The molecule has 3 nitrogen and oxygen atoms in total. The summed E-state index contributed by atoms with van der Waals surface area (Å²) in [6.07, 6.45) is 2.23. The number of hydrogen-bond donors (Lipinski definition) is 1. The lowest BCUT2D eigenvalue weighted by atomic mass is 10.0. The van der Waals surface area contributed by atoms with E-state index in [1.807, 2.05) is 0 Å². The first-order valence-electron chi connectivity index (χ1n) is 10.4. The molecule has 0 saturated carbocycles. The normalized spacial score (nSPS) is 11.9. The minimum atomic E-state index is 0.332. The molecule has 0 aliphatic rings. The van der Waals surface area contributed by atoms with Crippen molar-refractivity contribution in [3.63, 3.8) is 0 Å². The number of aryl methyl sites for hydroxylation is 1. The van der Waals surface area contributed by atoms with Gasteiger partial charge in [0.15, 0.2) is 11.5 Å². The molecule has 30 heavy (non-hydrogen) atoms. The van der Waals surface area contributed by atoms with Crippen LogP contribution in [0, 0.1) is 6.92 Å². The lowest BCUT2D eigenvalue weighted by molar-refractivity contribution is 0.282. The predicted molar refractivity (Wildman–Crippen MR) is 127 cm³/mol. The van der Waals surface area contributed by atoms with E-state index in [2.05, 4.69) is 102 Å². The first-order chi connectivity index (χ1) is 14.6. The van der Waals surface area contributed by atoms with Crippen molar-refractivity contribution in [3.8, 4) is 11.5 Å². The summed E-state index contributed by atoms with van der Waals surface area (Å²) in [5, 5.41) is 3.70. The summed E-state index contributed by atoms with van der Waals surface area (Å²) in [5.41, 5.74) is 4.84. The van der Waals surface area contributed by atoms with Crippen LogP contribution in [0.1, 0.15) is 48.1 Å². The summed E-state index contributed by atoms with van der Waals surface area (Å²) in [6.45, 7) is 5.56. The molecule has 1 unspecified atom stereocenters. The van der Waals surface area contributed by atoms with Crippen LogP contribution in [0.5, 0.6) is 11.5 Å². The summed E-state index contributed by atoms with van der Waals surface area (Å²) in [6, 6.07) is 23.5. The van der Waals surface area contributed by atoms with Crippen molar-refractivity contribution in [3.05, 3.63) is 93.5 Å². The number of hydrogen-bond acceptors (Lipinski definition) is 3. The molecule has 0 aromatic heterocycles. The molecule has 0 bridgehead atoms. The van der Waals surface area contributed by atoms with Crippen molar-refractivity contribution >= 4 is 15.9 Å². The Hall–Kier alpha value is -2.30. The quantitative estimate of drug-likeness (QED) is 0.348. The third-order valence-electron chi connectivity index (χ3n) is 5.09. The Labute approximate surface area is 188 Å². The first kappa shape index (κ1) is 22.4. The third-order valence-corrected chi connectivity index (χ3v) is 5.68. The van der Waals surface area contributed by atoms with E-state index >= 15 is 0 Å². The standard InChI is InChI=1S/C26H30BrNO2/c1-4-9-24(22-12-6-5-7-13-22)28-17-21-15-23(27)26(25(16-21)29-3)30-18-20-11-8-10-19(2)14-20/h5-8,10-16,24,28H,4,9,17-18H2,1-3H3. The maximum Gasteiger partial charge on any atom is 0.175 e. The maximum absolute atomic E-state index is 6.10. The van der Waals surface area contributed by atoms with Gasteiger partial charge in [0.05, 0.1) is 11.6 Å². The topological polar surface area (TPSA) is 30.5 Å². The average Bonchev–Trinajstić information content (AvgIpc) is 2.76. The van der Waals surface area contributed by atoms with Gasteiger partial charge < -0.3 is 14.8 Å². The molecular formula is C26H30BrNO2. The monoisotopic (exact) mass is 467 g/mol. The highest BCUT2D eigenvalue weighted by molar-refractivity contribution is 9.10. The molecule has 1 N–H and O–H groups in total. The minimum Gasteiger partial charge on any atom is -0.493 e. The van der Waals surface area contributed by atoms with Crippen LogP contribution in [0.15, 0.2) is 71.2 Å². The lowest BCUT2D eigenvalue weighted by Gasteiger charge is -2.20. The van der Waals surface area contributed by atoms with Gasteiger partial charge in [-0.1, -0.05) is 73.5 Å². The SMILES string of the molecule is CCCC(NCc1cc(Br)c(OCc2cccc(C)c2)c(OC)c1)c1ccccc1. The molecule has 0 saturated heterocycles. The second-order valence-electron chi connectivity index (χ2n) is 7.52. The Morgan fingerprint density at radius 1 is 0.967 bits per heavy atom. The Balaban J connectivity index is 1.71. The molecule has 3 aromatic carbocycles. The fourth-order valence-corrected chi connectivity index (χ4v) is 4.18. The van der Waals surface area contributed by atoms with Crippen molar-refractivity contribution in [2.24, 2.45) is 0 Å². The zero-order chi connectivity index (χ0) is 21.3. The summed E-state index contributed by atoms with van der Waals surface area (Å²) in [4.78, 5) is 0. The zero-order valence-corrected chi connectivity index (χ0v) is 19.5. The number of rotatable bonds is 10. The summed E-state index contributed by atoms with van der Waals surface area (Å²) < 4.78 is 12.6. The van der Waals surface area contributed by atoms with Gasteiger partial charge in [0.2, 0.25) is 0 Å². The van der Waals surface area contributed by atoms with Crippen LogP contribution >= 0.6 is 15.9 Å². The van der Waals surface area contributed by atoms with Gasteiger partial charge in [0, 0.05) is 12.6 Å². The van der Waals surface area contributed by atoms with Crippen LogP contribution in [0.3, 0.4) is 0 Å². The number of methoxy groups -OCH3 is 1. The number of halogens is 1. The Bertz CT molecular complexity index is 943. The van der Waals surface area contributed by atoms with Crippen molar-refractivity contribution in [1.82, 2.24) is 5.32 Å². The molecule has 0 heterocycles. The third kappa shape index (κ3) is 6.10. The average molecular weight is 468 g/mol. The Morgan fingerprint density at radius 3 is 2.47 bits per heavy atom. The summed E-state index contributed by atoms with van der Waals surface area (Å²) >= 11 is 3.68. The van der Waals surface area contributed by atoms with Crippen molar-refractivity contribution in [2.75, 3.05) is 7.11 Å². The molecule has 3 aromatic rings. The van der Waals surface area contributed by atoms with Gasteiger partial charge in [-0.25, -0.2) is 0 Å². The first-order valence-corrected chi connectivity index (χ1v) is 11.2. The zero-order valence-electron chi connectivity index (χ0n) is 18.0. The summed E-state index contributed by atoms with van der Waals surface area (Å²) in [7, 11) is 1.68. The van der Waals surface area contributed by atoms with Crippen LogP contribution < -0.4 is 14.8 Å². The molecule has 3 rings (SSSR count). The molecule has 0 spiro atoms. The van der Waals surface area contributed by atoms with Crippen molar-refractivity contribution in [1.29, 1.82) is 0 Å². The van der Waals surface area contributed by atoms with Crippen LogP contribution in [-0.4, -0.2) is 7.11 Å². The fraction of sp³-hybridized carbons (Fsp3) is 0.308. The van der Waals surface area contributed by atoms with Gasteiger partial charge in [0.1, 0.15) is 6.61 Å². The van der Waals surface area contributed by atoms with Gasteiger partial charge in [-0.05, 0) is 58.1 Å². The highest BCUT2D eigenvalue weighted by Crippen LogP contribution is 2.37. The molecule has 0 fully saturated rings. The molecule has 1 atom stereocenters. The lowest BCUT2D eigenvalue weighted by Crippen LogP contribution is -2.20. The number of nitrogens with one attached hydrogen (secondary N) is 1. The fourth-order valence-electron chi connectivity index (χ4n) is 3.57. The second-order valence-corrected chi connectivity index (χ2v) is 8.37. The molecular weight excluding hydrogens is 438 g/mol. The van der Waals surface area contributed by atoms with Crippen LogP contribution in [0.4, 0.5) is 0 Å². The van der Waals surface area contributed by atoms with E-state index in [9.17, 15) is 0 Å². The van der Waals surface area contributed by atoms with E-state index in [0.717, 1.165) is 46.5 Å². The van der Waals surface area contributed by atoms with Crippen LogP contribution in [-0.2, 0) is 13.2 Å². The van der Waals surface area contributed by atoms with Gasteiger partial charge in [-0.3, -0.25) is 0 Å².